The Morgan fingerprint density at radius 1 is 1.22 bits per heavy atom. The van der Waals surface area contributed by atoms with Gasteiger partial charge in [-0.1, -0.05) is 18.7 Å². The SMILES string of the molecule is C=C(/C=c1/nc(-c2ccnc(N3CCC3)n2)cn/c1=C/C)CNC(=O)c1ccc2c(c1)C(F)COC2. The maximum Gasteiger partial charge on any atom is 0.251 e. The molecule has 1 aromatic carbocycles. The number of carbonyl (C=O) groups is 1. The first-order valence-electron chi connectivity index (χ1n) is 11.9. The molecule has 1 unspecified atom stereocenters. The minimum Gasteiger partial charge on any atom is -0.373 e. The van der Waals surface area contributed by atoms with Crippen LogP contribution in [0, 0.1) is 0 Å². The third kappa shape index (κ3) is 5.01. The summed E-state index contributed by atoms with van der Waals surface area (Å²) in [5.74, 6) is 0.394. The van der Waals surface area contributed by atoms with Gasteiger partial charge in [0, 0.05) is 31.4 Å². The van der Waals surface area contributed by atoms with Crippen molar-refractivity contribution in [2.75, 3.05) is 31.1 Å². The fourth-order valence-electron chi connectivity index (χ4n) is 4.09. The number of alkyl halides is 1. The van der Waals surface area contributed by atoms with Crippen LogP contribution in [-0.4, -0.2) is 52.1 Å². The number of amides is 1. The summed E-state index contributed by atoms with van der Waals surface area (Å²) in [5.41, 5.74) is 3.65. The number of anilines is 1. The van der Waals surface area contributed by atoms with Crippen LogP contribution in [0.25, 0.3) is 23.5 Å². The second-order valence-electron chi connectivity index (χ2n) is 8.78. The highest BCUT2D eigenvalue weighted by Crippen LogP contribution is 2.28. The molecule has 1 fully saturated rings. The zero-order valence-corrected chi connectivity index (χ0v) is 20.1. The first-order chi connectivity index (χ1) is 17.5. The molecule has 0 bridgehead atoms. The zero-order chi connectivity index (χ0) is 25.1. The van der Waals surface area contributed by atoms with Crippen LogP contribution in [0.5, 0.6) is 0 Å². The van der Waals surface area contributed by atoms with E-state index in [1.807, 2.05) is 19.1 Å². The molecule has 1 atom stereocenters. The molecule has 5 rings (SSSR count). The van der Waals surface area contributed by atoms with Crippen LogP contribution in [0.3, 0.4) is 0 Å². The second kappa shape index (κ2) is 10.3. The van der Waals surface area contributed by atoms with Gasteiger partial charge in [0.05, 0.1) is 35.8 Å². The van der Waals surface area contributed by atoms with Crippen molar-refractivity contribution in [1.82, 2.24) is 25.3 Å². The van der Waals surface area contributed by atoms with Gasteiger partial charge in [-0.2, -0.15) is 0 Å². The summed E-state index contributed by atoms with van der Waals surface area (Å²) in [5, 5.41) is 4.18. The molecule has 184 valence electrons. The first kappa shape index (κ1) is 23.7. The van der Waals surface area contributed by atoms with E-state index in [4.69, 9.17) is 9.72 Å². The molecular weight excluding hydrogens is 459 g/mol. The van der Waals surface area contributed by atoms with Crippen molar-refractivity contribution in [3.63, 3.8) is 0 Å². The fraction of sp³-hybridized carbons (Fsp3) is 0.296. The number of hydrogen-bond donors (Lipinski definition) is 1. The number of nitrogens with one attached hydrogen (secondary N) is 1. The maximum absolute atomic E-state index is 14.2. The smallest absolute Gasteiger partial charge is 0.251 e. The predicted octanol–water partition coefficient (Wildman–Crippen LogP) is 2.25. The van der Waals surface area contributed by atoms with Gasteiger partial charge in [0.2, 0.25) is 5.95 Å². The van der Waals surface area contributed by atoms with Crippen LogP contribution in [0.2, 0.25) is 0 Å². The largest absolute Gasteiger partial charge is 0.373 e. The van der Waals surface area contributed by atoms with E-state index in [-0.39, 0.29) is 19.1 Å². The standard InChI is InChI=1S/C27H27FN6O2/c1-3-22-24(32-25(14-30-22)23-7-8-29-27(33-23)34-9-4-10-34)11-17(2)13-31-26(35)18-5-6-19-15-36-16-21(28)20(19)12-18/h3,5-8,11-12,14,21H,2,4,9-10,13,15-16H2,1H3,(H,31,35)/b22-3+,24-11+. The van der Waals surface area contributed by atoms with Crippen molar-refractivity contribution in [2.45, 2.75) is 26.1 Å². The van der Waals surface area contributed by atoms with Gasteiger partial charge in [0.1, 0.15) is 11.9 Å². The van der Waals surface area contributed by atoms with E-state index in [9.17, 15) is 9.18 Å². The third-order valence-electron chi connectivity index (χ3n) is 6.23. The molecule has 9 heteroatoms. The number of halogens is 1. The maximum atomic E-state index is 14.2. The van der Waals surface area contributed by atoms with Crippen molar-refractivity contribution < 1.29 is 13.9 Å². The van der Waals surface area contributed by atoms with Gasteiger partial charge in [-0.3, -0.25) is 9.78 Å². The molecule has 1 N–H and O–H groups in total. The molecule has 36 heavy (non-hydrogen) atoms. The van der Waals surface area contributed by atoms with Crippen molar-refractivity contribution in [2.24, 2.45) is 0 Å². The molecule has 8 nitrogen and oxygen atoms in total. The number of hydrogen-bond acceptors (Lipinski definition) is 7. The zero-order valence-electron chi connectivity index (χ0n) is 20.1. The monoisotopic (exact) mass is 486 g/mol. The number of fused-ring (bicyclic) bond motifs is 1. The highest BCUT2D eigenvalue weighted by atomic mass is 19.1. The van der Waals surface area contributed by atoms with Gasteiger partial charge < -0.3 is 15.0 Å². The Labute approximate surface area is 208 Å². The fourth-order valence-corrected chi connectivity index (χ4v) is 4.09. The average Bonchev–Trinajstić information content (AvgIpc) is 2.86. The Balaban J connectivity index is 1.32. The Morgan fingerprint density at radius 2 is 2.08 bits per heavy atom. The molecule has 0 saturated carbocycles. The first-order valence-corrected chi connectivity index (χ1v) is 11.9. The summed E-state index contributed by atoms with van der Waals surface area (Å²) < 4.78 is 19.4. The van der Waals surface area contributed by atoms with Crippen molar-refractivity contribution in [3.8, 4) is 11.4 Å². The number of benzene rings is 1. The van der Waals surface area contributed by atoms with E-state index in [0.29, 0.717) is 51.3 Å². The predicted molar refractivity (Wildman–Crippen MR) is 135 cm³/mol. The highest BCUT2D eigenvalue weighted by Gasteiger charge is 2.21. The molecular formula is C27H27FN6O2. The van der Waals surface area contributed by atoms with Crippen molar-refractivity contribution in [1.29, 1.82) is 0 Å². The quantitative estimate of drug-likeness (QED) is 0.571. The summed E-state index contributed by atoms with van der Waals surface area (Å²) in [4.78, 5) is 33.1. The molecule has 1 amide bonds. The molecule has 2 aliphatic rings. The van der Waals surface area contributed by atoms with Crippen LogP contribution in [0.15, 0.2) is 48.8 Å². The molecule has 0 aliphatic carbocycles. The molecule has 3 aromatic rings. The van der Waals surface area contributed by atoms with E-state index >= 15 is 0 Å². The summed E-state index contributed by atoms with van der Waals surface area (Å²) in [6.45, 7) is 8.44. The summed E-state index contributed by atoms with van der Waals surface area (Å²) in [7, 11) is 0. The Bertz CT molecular complexity index is 1440. The molecule has 0 spiro atoms. The number of nitrogens with zero attached hydrogens (tertiary/aromatic N) is 5. The molecule has 4 heterocycles. The Hall–Kier alpha value is -3.98. The highest BCUT2D eigenvalue weighted by molar-refractivity contribution is 5.94. The number of rotatable bonds is 6. The van der Waals surface area contributed by atoms with Crippen molar-refractivity contribution in [3.05, 3.63) is 76.2 Å². The van der Waals surface area contributed by atoms with Gasteiger partial charge in [0.15, 0.2) is 0 Å². The van der Waals surface area contributed by atoms with E-state index in [0.717, 1.165) is 25.1 Å². The number of aromatic nitrogens is 4. The van der Waals surface area contributed by atoms with Crippen LogP contribution < -0.4 is 20.9 Å². The van der Waals surface area contributed by atoms with Crippen LogP contribution in [-0.2, 0) is 11.3 Å². The van der Waals surface area contributed by atoms with E-state index in [2.05, 4.69) is 31.7 Å². The van der Waals surface area contributed by atoms with Gasteiger partial charge in [-0.15, -0.1) is 0 Å². The minimum absolute atomic E-state index is 0.00923. The lowest BCUT2D eigenvalue weighted by atomic mass is 9.99. The van der Waals surface area contributed by atoms with Crippen molar-refractivity contribution >= 4 is 24.0 Å². The lowest BCUT2D eigenvalue weighted by molar-refractivity contribution is 0.0512. The van der Waals surface area contributed by atoms with Gasteiger partial charge in [-0.05, 0) is 54.3 Å². The van der Waals surface area contributed by atoms with Crippen LogP contribution >= 0.6 is 0 Å². The topological polar surface area (TPSA) is 93.1 Å². The van der Waals surface area contributed by atoms with Gasteiger partial charge in [-0.25, -0.2) is 19.3 Å². The summed E-state index contributed by atoms with van der Waals surface area (Å²) in [6, 6.07) is 6.83. The lowest BCUT2D eigenvalue weighted by Crippen LogP contribution is -2.38. The average molecular weight is 487 g/mol. The normalized spacial score (nSPS) is 17.9. The molecule has 2 aliphatic heterocycles. The third-order valence-corrected chi connectivity index (χ3v) is 6.23. The minimum atomic E-state index is -1.23. The van der Waals surface area contributed by atoms with E-state index < -0.39 is 6.17 Å². The molecule has 1 saturated heterocycles. The summed E-state index contributed by atoms with van der Waals surface area (Å²) >= 11 is 0. The number of carbonyl (C=O) groups excluding carboxylic acids is 1. The molecule has 0 radical (unpaired) electrons. The second-order valence-corrected chi connectivity index (χ2v) is 8.78. The molecule has 2 aromatic heterocycles. The van der Waals surface area contributed by atoms with Crippen LogP contribution in [0.1, 0.15) is 41.0 Å². The summed E-state index contributed by atoms with van der Waals surface area (Å²) in [6.07, 6.45) is 7.00. The van der Waals surface area contributed by atoms with Gasteiger partial charge >= 0.3 is 0 Å². The lowest BCUT2D eigenvalue weighted by Gasteiger charge is -2.30. The van der Waals surface area contributed by atoms with Crippen LogP contribution in [0.4, 0.5) is 10.3 Å². The Kier molecular flexibility index (Phi) is 6.81. The van der Waals surface area contributed by atoms with E-state index in [1.165, 1.54) is 0 Å². The number of ether oxygens (including phenoxy) is 1. The van der Waals surface area contributed by atoms with E-state index in [1.54, 1.807) is 36.7 Å². The Morgan fingerprint density at radius 3 is 2.86 bits per heavy atom. The van der Waals surface area contributed by atoms with Gasteiger partial charge in [0.25, 0.3) is 5.91 Å².